The molecule has 1 aliphatic heterocycles. The van der Waals surface area contributed by atoms with Crippen LogP contribution in [-0.2, 0) is 0 Å². The minimum Gasteiger partial charge on any atom is -0.248 e. The molecule has 0 aromatic heterocycles. The molecule has 0 amide bonds. The van der Waals surface area contributed by atoms with E-state index in [2.05, 4.69) is 22.1 Å². The molecule has 1 aromatic carbocycles. The molecule has 3 nitrogen and oxygen atoms in total. The molecule has 0 spiro atoms. The summed E-state index contributed by atoms with van der Waals surface area (Å²) in [6.45, 7) is 0. The van der Waals surface area contributed by atoms with Crippen LogP contribution >= 0.6 is 0 Å². The largest absolute Gasteiger partial charge is 0.248 e. The van der Waals surface area contributed by atoms with Crippen molar-refractivity contribution in [2.24, 2.45) is 9.98 Å². The quantitative estimate of drug-likeness (QED) is 0.576. The van der Waals surface area contributed by atoms with E-state index >= 15 is 0 Å². The van der Waals surface area contributed by atoms with Gasteiger partial charge in [0.2, 0.25) is 11.7 Å². The fraction of sp³-hybridized carbons (Fsp3) is 0.200. The summed E-state index contributed by atoms with van der Waals surface area (Å²) in [4.78, 5) is 8.41. The Morgan fingerprint density at radius 2 is 1.38 bits per heavy atom. The van der Waals surface area contributed by atoms with E-state index in [-0.39, 0.29) is 0 Å². The normalized spacial score (nSPS) is 21.1. The van der Waals surface area contributed by atoms with Gasteiger partial charge in [-0.25, -0.2) is 15.3 Å². The predicted molar refractivity (Wildman–Crippen MR) is 53.3 cm³/mol. The molecule has 2 rings (SSSR count). The van der Waals surface area contributed by atoms with Gasteiger partial charge in [0.15, 0.2) is 0 Å². The number of hydrogen-bond donors (Lipinski definition) is 1. The lowest BCUT2D eigenvalue weighted by Gasteiger charge is -1.89. The van der Waals surface area contributed by atoms with Crippen molar-refractivity contribution in [2.45, 2.75) is 0 Å². The van der Waals surface area contributed by atoms with Crippen molar-refractivity contribution in [3.8, 4) is 0 Å². The first-order valence-corrected chi connectivity index (χ1v) is 4.25. The van der Waals surface area contributed by atoms with Crippen LogP contribution in [0.1, 0.15) is 11.1 Å². The summed E-state index contributed by atoms with van der Waals surface area (Å²) >= 11 is 0. The first kappa shape index (κ1) is 8.13. The molecule has 1 aromatic rings. The second kappa shape index (κ2) is 3.11. The zero-order chi connectivity index (χ0) is 9.26. The zero-order valence-corrected chi connectivity index (χ0v) is 7.78. The lowest BCUT2D eigenvalue weighted by atomic mass is 10.1. The summed E-state index contributed by atoms with van der Waals surface area (Å²) in [7, 11) is 3.61. The minimum absolute atomic E-state index is 1.02. The van der Waals surface area contributed by atoms with Crippen LogP contribution in [0.4, 0.5) is 0 Å². The van der Waals surface area contributed by atoms with Crippen LogP contribution in [0, 0.1) is 0 Å². The van der Waals surface area contributed by atoms with E-state index in [1.54, 1.807) is 14.1 Å². The number of amidine groups is 2. The highest BCUT2D eigenvalue weighted by Gasteiger charge is 2.27. The van der Waals surface area contributed by atoms with Gasteiger partial charge in [-0.15, -0.1) is 0 Å². The van der Waals surface area contributed by atoms with Gasteiger partial charge in [0.05, 0.1) is 11.1 Å². The van der Waals surface area contributed by atoms with Gasteiger partial charge in [-0.1, -0.05) is 12.1 Å². The van der Waals surface area contributed by atoms with Crippen LogP contribution in [0.3, 0.4) is 0 Å². The number of hydrogen-bond acceptors (Lipinski definition) is 2. The molecule has 66 valence electrons. The SMILES string of the molecule is CN=C1[NH2+]C(=NC)c2ccccc21. The summed E-state index contributed by atoms with van der Waals surface area (Å²) in [5.74, 6) is 2.05. The zero-order valence-electron chi connectivity index (χ0n) is 7.78. The van der Waals surface area contributed by atoms with E-state index in [1.165, 1.54) is 11.1 Å². The Kier molecular flexibility index (Phi) is 1.94. The molecule has 2 N–H and O–H groups in total. The minimum atomic E-state index is 1.02. The fourth-order valence-corrected chi connectivity index (χ4v) is 1.58. The van der Waals surface area contributed by atoms with Crippen molar-refractivity contribution in [1.82, 2.24) is 0 Å². The molecule has 1 aliphatic rings. The maximum Gasteiger partial charge on any atom is 0.234 e. The number of quaternary nitrogens is 1. The Hall–Kier alpha value is -1.48. The summed E-state index contributed by atoms with van der Waals surface area (Å²) in [6, 6.07) is 8.20. The van der Waals surface area contributed by atoms with E-state index < -0.39 is 0 Å². The van der Waals surface area contributed by atoms with E-state index in [4.69, 9.17) is 0 Å². The molecule has 0 atom stereocenters. The van der Waals surface area contributed by atoms with Gasteiger partial charge >= 0.3 is 0 Å². The molecule has 0 bridgehead atoms. The summed E-state index contributed by atoms with van der Waals surface area (Å²) in [5, 5.41) is 2.02. The Bertz CT molecular complexity index is 354. The van der Waals surface area contributed by atoms with Gasteiger partial charge in [-0.05, 0) is 12.1 Å². The van der Waals surface area contributed by atoms with E-state index in [0.29, 0.717) is 0 Å². The van der Waals surface area contributed by atoms with E-state index in [1.807, 2.05) is 17.4 Å². The second-order valence-electron chi connectivity index (χ2n) is 2.91. The highest BCUT2D eigenvalue weighted by molar-refractivity contribution is 6.14. The van der Waals surface area contributed by atoms with Gasteiger partial charge in [0, 0.05) is 14.1 Å². The number of nitrogens with zero attached hydrogens (tertiary/aromatic N) is 2. The number of benzene rings is 1. The van der Waals surface area contributed by atoms with Gasteiger partial charge < -0.3 is 0 Å². The van der Waals surface area contributed by atoms with Crippen molar-refractivity contribution in [2.75, 3.05) is 14.1 Å². The lowest BCUT2D eigenvalue weighted by molar-refractivity contribution is -0.401. The lowest BCUT2D eigenvalue weighted by Crippen LogP contribution is -2.88. The molecule has 0 fully saturated rings. The first-order chi connectivity index (χ1) is 6.36. The molecule has 0 saturated carbocycles. The Morgan fingerprint density at radius 3 is 1.77 bits per heavy atom. The Balaban J connectivity index is 2.63. The molecular formula is C10H12N3+. The van der Waals surface area contributed by atoms with Gasteiger partial charge in [0.25, 0.3) is 0 Å². The van der Waals surface area contributed by atoms with Crippen molar-refractivity contribution in [1.29, 1.82) is 0 Å². The van der Waals surface area contributed by atoms with Gasteiger partial charge in [0.1, 0.15) is 0 Å². The van der Waals surface area contributed by atoms with Crippen LogP contribution in [0.25, 0.3) is 0 Å². The third kappa shape index (κ3) is 1.17. The third-order valence-electron chi connectivity index (χ3n) is 2.23. The van der Waals surface area contributed by atoms with Crippen molar-refractivity contribution < 1.29 is 5.32 Å². The van der Waals surface area contributed by atoms with E-state index in [0.717, 1.165) is 11.7 Å². The Morgan fingerprint density at radius 1 is 0.923 bits per heavy atom. The summed E-state index contributed by atoms with van der Waals surface area (Å²) < 4.78 is 0. The monoisotopic (exact) mass is 174 g/mol. The molecule has 1 heterocycles. The van der Waals surface area contributed by atoms with Crippen molar-refractivity contribution >= 4 is 11.7 Å². The van der Waals surface area contributed by atoms with Gasteiger partial charge in [-0.3, -0.25) is 0 Å². The van der Waals surface area contributed by atoms with Gasteiger partial charge in [-0.2, -0.15) is 0 Å². The van der Waals surface area contributed by atoms with E-state index in [9.17, 15) is 0 Å². The maximum atomic E-state index is 4.21. The smallest absolute Gasteiger partial charge is 0.234 e. The summed E-state index contributed by atoms with van der Waals surface area (Å²) in [5.41, 5.74) is 2.37. The molecule has 0 unspecified atom stereocenters. The van der Waals surface area contributed by atoms with Crippen molar-refractivity contribution in [3.63, 3.8) is 0 Å². The van der Waals surface area contributed by atoms with Crippen LogP contribution in [0.15, 0.2) is 34.3 Å². The van der Waals surface area contributed by atoms with Crippen LogP contribution in [0.5, 0.6) is 0 Å². The maximum absolute atomic E-state index is 4.21. The van der Waals surface area contributed by atoms with Crippen LogP contribution in [-0.4, -0.2) is 25.8 Å². The Labute approximate surface area is 77.2 Å². The van der Waals surface area contributed by atoms with Crippen LogP contribution < -0.4 is 5.32 Å². The number of nitrogens with two attached hydrogens (primary N) is 1. The highest BCUT2D eigenvalue weighted by Crippen LogP contribution is 2.10. The van der Waals surface area contributed by atoms with Crippen LogP contribution in [0.2, 0.25) is 0 Å². The average Bonchev–Trinajstić information content (AvgIpc) is 2.56. The topological polar surface area (TPSA) is 41.3 Å². The molecule has 3 heteroatoms. The second-order valence-corrected chi connectivity index (χ2v) is 2.91. The highest BCUT2D eigenvalue weighted by atomic mass is 15.1. The predicted octanol–water partition coefficient (Wildman–Crippen LogP) is 0.0164. The number of fused-ring (bicyclic) bond motifs is 1. The first-order valence-electron chi connectivity index (χ1n) is 4.25. The number of aliphatic imine (C=N–C) groups is 2. The molecule has 13 heavy (non-hydrogen) atoms. The fourth-order valence-electron chi connectivity index (χ4n) is 1.58. The molecule has 0 radical (unpaired) electrons. The molecule has 0 aliphatic carbocycles. The standard InChI is InChI=1S/C10H11N3/c1-11-9-7-5-3-4-6-8(7)10(12-2)13-9/h3-6H,1-2H3,(H,11,12,13)/p+1. The molecular weight excluding hydrogens is 162 g/mol. The number of rotatable bonds is 0. The average molecular weight is 174 g/mol. The third-order valence-corrected chi connectivity index (χ3v) is 2.23. The molecule has 0 saturated heterocycles. The summed E-state index contributed by atoms with van der Waals surface area (Å²) in [6.07, 6.45) is 0. The van der Waals surface area contributed by atoms with Crippen molar-refractivity contribution in [3.05, 3.63) is 35.4 Å².